The van der Waals surface area contributed by atoms with Gasteiger partial charge in [-0.15, -0.1) is 0 Å². The molecule has 0 aromatic carbocycles. The van der Waals surface area contributed by atoms with Crippen molar-refractivity contribution in [1.82, 2.24) is 10.2 Å². The highest BCUT2D eigenvalue weighted by Crippen LogP contribution is 2.24. The Morgan fingerprint density at radius 2 is 1.94 bits per heavy atom. The minimum Gasteiger partial charge on any atom is -0.396 e. The Labute approximate surface area is 112 Å². The summed E-state index contributed by atoms with van der Waals surface area (Å²) in [7, 11) is 0. The zero-order valence-corrected chi connectivity index (χ0v) is 12.3. The fourth-order valence-corrected chi connectivity index (χ4v) is 2.84. The molecule has 4 heteroatoms. The molecule has 1 atom stereocenters. The molecule has 4 N–H and O–H groups in total. The summed E-state index contributed by atoms with van der Waals surface area (Å²) in [5.74, 6) is 0. The summed E-state index contributed by atoms with van der Waals surface area (Å²) in [5, 5.41) is 12.8. The number of nitrogens with one attached hydrogen (secondary N) is 1. The van der Waals surface area contributed by atoms with Crippen LogP contribution in [0.4, 0.5) is 0 Å². The smallest absolute Gasteiger partial charge is 0.0445 e. The zero-order valence-electron chi connectivity index (χ0n) is 12.3. The molecule has 1 unspecified atom stereocenters. The van der Waals surface area contributed by atoms with Crippen LogP contribution in [0.25, 0.3) is 0 Å². The summed E-state index contributed by atoms with van der Waals surface area (Å²) < 4.78 is 0. The summed E-state index contributed by atoms with van der Waals surface area (Å²) >= 11 is 0. The Balaban J connectivity index is 2.54. The molecule has 108 valence electrons. The molecule has 1 fully saturated rings. The van der Waals surface area contributed by atoms with Gasteiger partial charge in [0.2, 0.25) is 0 Å². The third-order valence-corrected chi connectivity index (χ3v) is 4.36. The van der Waals surface area contributed by atoms with E-state index in [2.05, 4.69) is 31.0 Å². The van der Waals surface area contributed by atoms with Crippen molar-refractivity contribution in [3.8, 4) is 0 Å². The van der Waals surface area contributed by atoms with Gasteiger partial charge in [0.15, 0.2) is 0 Å². The molecule has 1 saturated heterocycles. The fourth-order valence-electron chi connectivity index (χ4n) is 2.84. The van der Waals surface area contributed by atoms with Crippen LogP contribution in [-0.4, -0.2) is 53.9 Å². The summed E-state index contributed by atoms with van der Waals surface area (Å²) in [4.78, 5) is 2.52. The molecule has 1 rings (SSSR count). The maximum absolute atomic E-state index is 9.09. The summed E-state index contributed by atoms with van der Waals surface area (Å²) in [6, 6.07) is 1.02. The summed E-state index contributed by atoms with van der Waals surface area (Å²) in [5.41, 5.74) is 6.10. The number of rotatable bonds is 7. The zero-order chi connectivity index (χ0) is 13.6. The average Bonchev–Trinajstić information content (AvgIpc) is 2.38. The molecule has 1 aliphatic heterocycles. The van der Waals surface area contributed by atoms with E-state index in [-0.39, 0.29) is 12.1 Å². The Hall–Kier alpha value is -0.160. The van der Waals surface area contributed by atoms with Crippen LogP contribution in [0, 0.1) is 0 Å². The van der Waals surface area contributed by atoms with Gasteiger partial charge in [-0.25, -0.2) is 0 Å². The number of hydrogen-bond donors (Lipinski definition) is 3. The highest BCUT2D eigenvalue weighted by molar-refractivity contribution is 4.96. The number of nitrogens with two attached hydrogens (primary N) is 1. The number of nitrogens with zero attached hydrogens (tertiary/aromatic N) is 1. The number of hydrogen-bond acceptors (Lipinski definition) is 4. The van der Waals surface area contributed by atoms with Gasteiger partial charge in [0.25, 0.3) is 0 Å². The van der Waals surface area contributed by atoms with E-state index in [0.29, 0.717) is 18.6 Å². The van der Waals surface area contributed by atoms with Crippen LogP contribution in [0.3, 0.4) is 0 Å². The third kappa shape index (κ3) is 4.19. The molecular weight excluding hydrogens is 226 g/mol. The number of piperidine rings is 1. The lowest BCUT2D eigenvalue weighted by Gasteiger charge is -2.45. The first-order valence-corrected chi connectivity index (χ1v) is 7.39. The van der Waals surface area contributed by atoms with Crippen molar-refractivity contribution in [3.05, 3.63) is 0 Å². The van der Waals surface area contributed by atoms with Gasteiger partial charge in [-0.3, -0.25) is 0 Å². The first-order chi connectivity index (χ1) is 8.56. The van der Waals surface area contributed by atoms with Crippen molar-refractivity contribution < 1.29 is 5.11 Å². The fraction of sp³-hybridized carbons (Fsp3) is 1.00. The Bertz CT molecular complexity index is 225. The van der Waals surface area contributed by atoms with E-state index in [4.69, 9.17) is 10.8 Å². The van der Waals surface area contributed by atoms with E-state index < -0.39 is 0 Å². The first-order valence-electron chi connectivity index (χ1n) is 7.39. The van der Waals surface area contributed by atoms with Crippen LogP contribution in [0.1, 0.15) is 46.5 Å². The monoisotopic (exact) mass is 257 g/mol. The van der Waals surface area contributed by atoms with Crippen molar-refractivity contribution in [1.29, 1.82) is 0 Å². The highest BCUT2D eigenvalue weighted by atomic mass is 16.3. The minimum atomic E-state index is 0.0846. The highest BCUT2D eigenvalue weighted by Gasteiger charge is 2.35. The molecule has 0 spiro atoms. The van der Waals surface area contributed by atoms with Gasteiger partial charge in [-0.05, 0) is 39.5 Å². The molecule has 0 radical (unpaired) electrons. The first kappa shape index (κ1) is 15.9. The standard InChI is InChI=1S/C14H31N3O/c1-4-13(5-10-18)16-14(11-15)6-8-17(9-7-14)12(2)3/h12-13,16,18H,4-11,15H2,1-3H3. The van der Waals surface area contributed by atoms with Gasteiger partial charge < -0.3 is 21.1 Å². The SMILES string of the molecule is CCC(CCO)NC1(CN)CCN(C(C)C)CC1. The Morgan fingerprint density at radius 1 is 1.33 bits per heavy atom. The Kier molecular flexibility index (Phi) is 6.57. The molecular formula is C14H31N3O. The lowest BCUT2D eigenvalue weighted by Crippen LogP contribution is -2.61. The second kappa shape index (κ2) is 7.43. The van der Waals surface area contributed by atoms with Crippen molar-refractivity contribution in [3.63, 3.8) is 0 Å². The van der Waals surface area contributed by atoms with Gasteiger partial charge in [-0.2, -0.15) is 0 Å². The lowest BCUT2D eigenvalue weighted by molar-refractivity contribution is 0.101. The van der Waals surface area contributed by atoms with Crippen LogP contribution >= 0.6 is 0 Å². The maximum atomic E-state index is 9.09. The largest absolute Gasteiger partial charge is 0.396 e. The molecule has 0 aromatic rings. The Morgan fingerprint density at radius 3 is 2.33 bits per heavy atom. The third-order valence-electron chi connectivity index (χ3n) is 4.36. The van der Waals surface area contributed by atoms with Crippen LogP contribution in [-0.2, 0) is 0 Å². The molecule has 0 aromatic heterocycles. The van der Waals surface area contributed by atoms with Gasteiger partial charge in [0.1, 0.15) is 0 Å². The quantitative estimate of drug-likeness (QED) is 0.635. The topological polar surface area (TPSA) is 61.5 Å². The summed E-state index contributed by atoms with van der Waals surface area (Å²) in [6.07, 6.45) is 4.11. The van der Waals surface area contributed by atoms with E-state index in [9.17, 15) is 0 Å². The van der Waals surface area contributed by atoms with E-state index in [1.54, 1.807) is 0 Å². The molecule has 0 bridgehead atoms. The molecule has 1 heterocycles. The molecule has 1 aliphatic rings. The van der Waals surface area contributed by atoms with E-state index in [0.717, 1.165) is 38.8 Å². The van der Waals surface area contributed by atoms with Crippen molar-refractivity contribution >= 4 is 0 Å². The number of likely N-dealkylation sites (tertiary alicyclic amines) is 1. The van der Waals surface area contributed by atoms with E-state index in [1.165, 1.54) is 0 Å². The molecule has 0 saturated carbocycles. The predicted molar refractivity (Wildman–Crippen MR) is 76.6 cm³/mol. The van der Waals surface area contributed by atoms with Gasteiger partial charge in [0.05, 0.1) is 0 Å². The van der Waals surface area contributed by atoms with Crippen LogP contribution < -0.4 is 11.1 Å². The second-order valence-electron chi connectivity index (χ2n) is 5.88. The second-order valence-corrected chi connectivity index (χ2v) is 5.88. The summed E-state index contributed by atoms with van der Waals surface area (Å²) in [6.45, 7) is 9.87. The number of aliphatic hydroxyl groups excluding tert-OH is 1. The van der Waals surface area contributed by atoms with Crippen LogP contribution in [0.2, 0.25) is 0 Å². The van der Waals surface area contributed by atoms with E-state index >= 15 is 0 Å². The molecule has 18 heavy (non-hydrogen) atoms. The van der Waals surface area contributed by atoms with Crippen LogP contribution in [0.5, 0.6) is 0 Å². The lowest BCUT2D eigenvalue weighted by atomic mass is 9.85. The van der Waals surface area contributed by atoms with Crippen molar-refractivity contribution in [2.24, 2.45) is 5.73 Å². The number of aliphatic hydroxyl groups is 1. The van der Waals surface area contributed by atoms with Crippen molar-refractivity contribution in [2.45, 2.75) is 64.1 Å². The molecule has 0 aliphatic carbocycles. The predicted octanol–water partition coefficient (Wildman–Crippen LogP) is 0.939. The van der Waals surface area contributed by atoms with Crippen LogP contribution in [0.15, 0.2) is 0 Å². The molecule has 4 nitrogen and oxygen atoms in total. The van der Waals surface area contributed by atoms with Gasteiger partial charge >= 0.3 is 0 Å². The maximum Gasteiger partial charge on any atom is 0.0445 e. The normalized spacial score (nSPS) is 22.3. The van der Waals surface area contributed by atoms with Gasteiger partial charge in [0, 0.05) is 43.9 Å². The minimum absolute atomic E-state index is 0.0846. The van der Waals surface area contributed by atoms with Crippen molar-refractivity contribution in [2.75, 3.05) is 26.2 Å². The molecule has 0 amide bonds. The van der Waals surface area contributed by atoms with E-state index in [1.807, 2.05) is 0 Å². The van der Waals surface area contributed by atoms with Gasteiger partial charge in [-0.1, -0.05) is 6.92 Å². The average molecular weight is 257 g/mol.